The molecule has 0 saturated carbocycles. The summed E-state index contributed by atoms with van der Waals surface area (Å²) >= 11 is 0. The second-order valence-electron chi connectivity index (χ2n) is 4.18. The van der Waals surface area contributed by atoms with Crippen LogP contribution >= 0.6 is 0 Å². The quantitative estimate of drug-likeness (QED) is 0.418. The Morgan fingerprint density at radius 3 is 2.46 bits per heavy atom. The third-order valence-electron chi connectivity index (χ3n) is 1.37. The molecule has 74 valence electrons. The molecule has 0 bridgehead atoms. The van der Waals surface area contributed by atoms with Gasteiger partial charge in [-0.05, 0) is 12.5 Å². The lowest BCUT2D eigenvalue weighted by Gasteiger charge is -2.04. The fraction of sp³-hybridized carbons (Fsp3) is 0.636. The maximum Gasteiger partial charge on any atom is 0.132 e. The average molecular weight is 196 g/mol. The molecule has 0 saturated heterocycles. The van der Waals surface area contributed by atoms with E-state index < -0.39 is 14.2 Å². The first kappa shape index (κ1) is 12.5. The van der Waals surface area contributed by atoms with Crippen LogP contribution in [0.5, 0.6) is 0 Å². The number of rotatable bonds is 3. The molecule has 0 aromatic heterocycles. The zero-order chi connectivity index (χ0) is 10.3. The van der Waals surface area contributed by atoms with Gasteiger partial charge in [-0.25, -0.2) is 0 Å². The SMILES string of the molecule is CCC/C=C/C(O)C#C[Si](C)(C)C. The van der Waals surface area contributed by atoms with E-state index in [0.29, 0.717) is 0 Å². The number of hydrogen-bond acceptors (Lipinski definition) is 1. The highest BCUT2D eigenvalue weighted by Gasteiger charge is 2.07. The summed E-state index contributed by atoms with van der Waals surface area (Å²) in [6, 6.07) is 0. The molecule has 0 radical (unpaired) electrons. The monoisotopic (exact) mass is 196 g/mol. The molecule has 0 rings (SSSR count). The first-order valence-corrected chi connectivity index (χ1v) is 8.33. The number of allylic oxidation sites excluding steroid dienone is 1. The van der Waals surface area contributed by atoms with Gasteiger partial charge in [-0.2, -0.15) is 0 Å². The summed E-state index contributed by atoms with van der Waals surface area (Å²) in [4.78, 5) is 0. The van der Waals surface area contributed by atoms with Gasteiger partial charge < -0.3 is 5.11 Å². The van der Waals surface area contributed by atoms with E-state index >= 15 is 0 Å². The summed E-state index contributed by atoms with van der Waals surface area (Å²) in [6.07, 6.45) is 5.33. The van der Waals surface area contributed by atoms with Gasteiger partial charge in [-0.1, -0.05) is 45.0 Å². The van der Waals surface area contributed by atoms with Crippen LogP contribution in [0.2, 0.25) is 19.6 Å². The van der Waals surface area contributed by atoms with Gasteiger partial charge in [0.25, 0.3) is 0 Å². The first-order valence-electron chi connectivity index (χ1n) is 4.83. The Morgan fingerprint density at radius 1 is 1.38 bits per heavy atom. The van der Waals surface area contributed by atoms with Crippen molar-refractivity contribution in [2.45, 2.75) is 45.5 Å². The fourth-order valence-corrected chi connectivity index (χ4v) is 1.31. The smallest absolute Gasteiger partial charge is 0.132 e. The molecular weight excluding hydrogens is 176 g/mol. The van der Waals surface area contributed by atoms with Crippen LogP contribution in [0.15, 0.2) is 12.2 Å². The van der Waals surface area contributed by atoms with Crippen LogP contribution in [-0.4, -0.2) is 19.3 Å². The van der Waals surface area contributed by atoms with Gasteiger partial charge in [0.15, 0.2) is 0 Å². The summed E-state index contributed by atoms with van der Waals surface area (Å²) in [5, 5.41) is 9.40. The number of aliphatic hydroxyl groups excluding tert-OH is 1. The van der Waals surface area contributed by atoms with E-state index in [2.05, 4.69) is 38.0 Å². The van der Waals surface area contributed by atoms with Crippen molar-refractivity contribution in [3.8, 4) is 11.5 Å². The fourth-order valence-electron chi connectivity index (χ4n) is 0.730. The molecule has 0 aromatic carbocycles. The molecule has 0 aliphatic rings. The minimum Gasteiger partial charge on any atom is -0.377 e. The molecular formula is C11H20OSi. The lowest BCUT2D eigenvalue weighted by molar-refractivity contribution is 0.280. The lowest BCUT2D eigenvalue weighted by Crippen LogP contribution is -2.17. The van der Waals surface area contributed by atoms with E-state index in [1.54, 1.807) is 6.08 Å². The number of unbranched alkanes of at least 4 members (excludes halogenated alkanes) is 1. The molecule has 0 amide bonds. The van der Waals surface area contributed by atoms with Gasteiger partial charge in [-0.3, -0.25) is 0 Å². The van der Waals surface area contributed by atoms with E-state index in [1.807, 2.05) is 6.08 Å². The van der Waals surface area contributed by atoms with Crippen LogP contribution in [-0.2, 0) is 0 Å². The molecule has 0 aliphatic heterocycles. The third-order valence-corrected chi connectivity index (χ3v) is 2.26. The lowest BCUT2D eigenvalue weighted by atomic mass is 10.2. The Bertz CT molecular complexity index is 214. The molecule has 0 spiro atoms. The zero-order valence-corrected chi connectivity index (χ0v) is 10.1. The molecule has 0 aliphatic carbocycles. The third kappa shape index (κ3) is 9.39. The minimum atomic E-state index is -1.32. The van der Waals surface area contributed by atoms with Crippen LogP contribution < -0.4 is 0 Å². The number of hydrogen-bond donors (Lipinski definition) is 1. The van der Waals surface area contributed by atoms with Gasteiger partial charge >= 0.3 is 0 Å². The average Bonchev–Trinajstić information content (AvgIpc) is 2.00. The van der Waals surface area contributed by atoms with Crippen molar-refractivity contribution < 1.29 is 5.11 Å². The van der Waals surface area contributed by atoms with Crippen molar-refractivity contribution in [1.82, 2.24) is 0 Å². The standard InChI is InChI=1S/C11H20OSi/c1-5-6-7-8-11(12)9-10-13(2,3)4/h7-8,11-12H,5-6H2,1-4H3/b8-7+. The van der Waals surface area contributed by atoms with Crippen molar-refractivity contribution in [3.05, 3.63) is 12.2 Å². The Balaban J connectivity index is 3.97. The Labute approximate surface area is 82.9 Å². The van der Waals surface area contributed by atoms with Crippen molar-refractivity contribution in [3.63, 3.8) is 0 Å². The van der Waals surface area contributed by atoms with Crippen molar-refractivity contribution >= 4 is 8.07 Å². The van der Waals surface area contributed by atoms with Crippen LogP contribution in [0.25, 0.3) is 0 Å². The van der Waals surface area contributed by atoms with Crippen molar-refractivity contribution in [2.75, 3.05) is 0 Å². The van der Waals surface area contributed by atoms with Crippen molar-refractivity contribution in [2.24, 2.45) is 0 Å². The van der Waals surface area contributed by atoms with E-state index in [4.69, 9.17) is 0 Å². The largest absolute Gasteiger partial charge is 0.377 e. The normalized spacial score (nSPS) is 13.9. The molecule has 0 aromatic rings. The van der Waals surface area contributed by atoms with Gasteiger partial charge in [0.2, 0.25) is 0 Å². The van der Waals surface area contributed by atoms with Gasteiger partial charge in [0, 0.05) is 0 Å². The molecule has 1 N–H and O–H groups in total. The Kier molecular flexibility index (Phi) is 5.77. The highest BCUT2D eigenvalue weighted by Crippen LogP contribution is 1.97. The summed E-state index contributed by atoms with van der Waals surface area (Å²) < 4.78 is 0. The predicted octanol–water partition coefficient (Wildman–Crippen LogP) is 2.58. The van der Waals surface area contributed by atoms with Crippen molar-refractivity contribution in [1.29, 1.82) is 0 Å². The Hall–Kier alpha value is -0.523. The topological polar surface area (TPSA) is 20.2 Å². The highest BCUT2D eigenvalue weighted by molar-refractivity contribution is 6.83. The molecule has 0 fully saturated rings. The molecule has 1 unspecified atom stereocenters. The second-order valence-corrected chi connectivity index (χ2v) is 8.93. The molecule has 2 heteroatoms. The molecule has 0 heterocycles. The summed E-state index contributed by atoms with van der Waals surface area (Å²) in [7, 11) is -1.32. The van der Waals surface area contributed by atoms with Gasteiger partial charge in [0.05, 0.1) is 0 Å². The maximum atomic E-state index is 9.40. The van der Waals surface area contributed by atoms with E-state index in [1.165, 1.54) is 0 Å². The van der Waals surface area contributed by atoms with E-state index in [-0.39, 0.29) is 0 Å². The zero-order valence-electron chi connectivity index (χ0n) is 9.09. The van der Waals surface area contributed by atoms with Crippen LogP contribution in [0, 0.1) is 11.5 Å². The van der Waals surface area contributed by atoms with Crippen LogP contribution in [0.4, 0.5) is 0 Å². The number of aliphatic hydroxyl groups is 1. The first-order chi connectivity index (χ1) is 5.95. The summed E-state index contributed by atoms with van der Waals surface area (Å²) in [6.45, 7) is 8.62. The molecule has 1 nitrogen and oxygen atoms in total. The van der Waals surface area contributed by atoms with E-state index in [0.717, 1.165) is 12.8 Å². The molecule has 1 atom stereocenters. The molecule has 13 heavy (non-hydrogen) atoms. The van der Waals surface area contributed by atoms with Crippen LogP contribution in [0.1, 0.15) is 19.8 Å². The maximum absolute atomic E-state index is 9.40. The minimum absolute atomic E-state index is 0.571. The predicted molar refractivity (Wildman–Crippen MR) is 61.2 cm³/mol. The summed E-state index contributed by atoms with van der Waals surface area (Å²) in [5.74, 6) is 2.86. The van der Waals surface area contributed by atoms with Gasteiger partial charge in [-0.15, -0.1) is 5.54 Å². The van der Waals surface area contributed by atoms with Crippen LogP contribution in [0.3, 0.4) is 0 Å². The Morgan fingerprint density at radius 2 is 2.00 bits per heavy atom. The van der Waals surface area contributed by atoms with E-state index in [9.17, 15) is 5.11 Å². The second kappa shape index (κ2) is 6.01. The van der Waals surface area contributed by atoms with Gasteiger partial charge in [0.1, 0.15) is 14.2 Å². The summed E-state index contributed by atoms with van der Waals surface area (Å²) in [5.41, 5.74) is 3.14. The highest BCUT2D eigenvalue weighted by atomic mass is 28.3.